The van der Waals surface area contributed by atoms with E-state index in [1.54, 1.807) is 39.3 Å². The van der Waals surface area contributed by atoms with E-state index in [0.29, 0.717) is 22.9 Å². The van der Waals surface area contributed by atoms with E-state index >= 15 is 0 Å². The number of nitrogens with zero attached hydrogens (tertiary/aromatic N) is 4. The highest BCUT2D eigenvalue weighted by atomic mass is 32.2. The van der Waals surface area contributed by atoms with Gasteiger partial charge in [0, 0.05) is 51.8 Å². The molecule has 1 aliphatic rings. The van der Waals surface area contributed by atoms with Gasteiger partial charge in [0.2, 0.25) is 10.0 Å². The maximum absolute atomic E-state index is 13.1. The zero-order chi connectivity index (χ0) is 25.8. The van der Waals surface area contributed by atoms with E-state index in [1.165, 1.54) is 11.4 Å². The molecule has 1 fully saturated rings. The van der Waals surface area contributed by atoms with Crippen molar-refractivity contribution in [3.05, 3.63) is 47.2 Å². The third kappa shape index (κ3) is 6.59. The number of methoxy groups -OCH3 is 1. The van der Waals surface area contributed by atoms with Crippen molar-refractivity contribution in [2.24, 2.45) is 0 Å². The number of aryl methyl sites for hydroxylation is 2. The van der Waals surface area contributed by atoms with Crippen LogP contribution in [0.25, 0.3) is 0 Å². The number of ketones is 1. The summed E-state index contributed by atoms with van der Waals surface area (Å²) in [7, 11) is 3.60. The lowest BCUT2D eigenvalue weighted by atomic mass is 10.0. The van der Waals surface area contributed by atoms with Crippen LogP contribution in [0, 0.1) is 13.8 Å². The van der Waals surface area contributed by atoms with Gasteiger partial charge < -0.3 is 14.5 Å². The first-order valence-corrected chi connectivity index (χ1v) is 13.5. The fourth-order valence-corrected chi connectivity index (χ4v) is 6.20. The molecule has 0 aliphatic carbocycles. The van der Waals surface area contributed by atoms with E-state index < -0.39 is 10.0 Å². The van der Waals surface area contributed by atoms with Gasteiger partial charge in [0.15, 0.2) is 0 Å². The molecule has 0 saturated carbocycles. The number of Topliss-reactive ketones (excluding diaryl/α,β-unsaturated/α-hetero) is 1. The van der Waals surface area contributed by atoms with Gasteiger partial charge in [0.25, 0.3) is 0 Å². The molecule has 3 rings (SSSR count). The topological polar surface area (TPSA) is 83.0 Å². The van der Waals surface area contributed by atoms with E-state index in [1.807, 2.05) is 12.1 Å². The second-order valence-electron chi connectivity index (χ2n) is 9.59. The van der Waals surface area contributed by atoms with Crippen molar-refractivity contribution >= 4 is 21.6 Å². The normalized spacial score (nSPS) is 15.1. The van der Waals surface area contributed by atoms with E-state index in [-0.39, 0.29) is 30.1 Å². The fourth-order valence-electron chi connectivity index (χ4n) is 4.63. The van der Waals surface area contributed by atoms with Gasteiger partial charge in [0.05, 0.1) is 12.0 Å². The number of ether oxygens (including phenoxy) is 1. The zero-order valence-electron chi connectivity index (χ0n) is 21.7. The summed E-state index contributed by atoms with van der Waals surface area (Å²) in [4.78, 5) is 22.0. The van der Waals surface area contributed by atoms with Crippen molar-refractivity contribution in [3.63, 3.8) is 0 Å². The van der Waals surface area contributed by atoms with Crippen LogP contribution in [-0.4, -0.2) is 82.3 Å². The Labute approximate surface area is 209 Å². The number of sulfonamides is 1. The van der Waals surface area contributed by atoms with Crippen LogP contribution in [0.3, 0.4) is 0 Å². The standard InChI is InChI=1S/C26H38N4O4S/c1-19-15-24(34-6)16-20(2)26(19)35(32,33)29(5)12-11-23(31)17-21-7-8-25(27-18-21)30-13-9-22(10-14-30)28(3)4/h7-8,15-16,18,22H,9-14,17H2,1-6H3. The predicted octanol–water partition coefficient (Wildman–Crippen LogP) is 3.06. The second-order valence-corrected chi connectivity index (χ2v) is 11.6. The maximum Gasteiger partial charge on any atom is 0.243 e. The minimum atomic E-state index is -3.72. The largest absolute Gasteiger partial charge is 0.497 e. The Morgan fingerprint density at radius 1 is 1.11 bits per heavy atom. The average molecular weight is 503 g/mol. The molecule has 1 saturated heterocycles. The summed E-state index contributed by atoms with van der Waals surface area (Å²) in [6.07, 6.45) is 4.37. The summed E-state index contributed by atoms with van der Waals surface area (Å²) < 4.78 is 32.8. The molecular formula is C26H38N4O4S. The van der Waals surface area contributed by atoms with E-state index in [9.17, 15) is 13.2 Å². The van der Waals surface area contributed by atoms with Crippen LogP contribution < -0.4 is 9.64 Å². The molecular weight excluding hydrogens is 464 g/mol. The smallest absolute Gasteiger partial charge is 0.243 e. The first-order valence-electron chi connectivity index (χ1n) is 12.0. The van der Waals surface area contributed by atoms with Crippen molar-refractivity contribution in [2.45, 2.75) is 50.5 Å². The van der Waals surface area contributed by atoms with Crippen molar-refractivity contribution < 1.29 is 17.9 Å². The van der Waals surface area contributed by atoms with Crippen LogP contribution in [0.4, 0.5) is 5.82 Å². The lowest BCUT2D eigenvalue weighted by Gasteiger charge is -2.35. The first kappa shape index (κ1) is 27.1. The number of carbonyl (C=O) groups excluding carboxylic acids is 1. The monoisotopic (exact) mass is 502 g/mol. The lowest BCUT2D eigenvalue weighted by molar-refractivity contribution is -0.118. The Morgan fingerprint density at radius 2 is 1.74 bits per heavy atom. The van der Waals surface area contributed by atoms with Gasteiger partial charge in [-0.3, -0.25) is 4.79 Å². The molecule has 0 bridgehead atoms. The van der Waals surface area contributed by atoms with Gasteiger partial charge >= 0.3 is 0 Å². The van der Waals surface area contributed by atoms with E-state index in [4.69, 9.17) is 4.74 Å². The maximum atomic E-state index is 13.1. The van der Waals surface area contributed by atoms with Crippen LogP contribution in [-0.2, 0) is 21.2 Å². The molecule has 0 amide bonds. The highest BCUT2D eigenvalue weighted by Gasteiger charge is 2.26. The number of benzene rings is 1. The number of aromatic nitrogens is 1. The van der Waals surface area contributed by atoms with E-state index in [2.05, 4.69) is 28.9 Å². The molecule has 0 radical (unpaired) electrons. The van der Waals surface area contributed by atoms with Crippen molar-refractivity contribution in [3.8, 4) is 5.75 Å². The van der Waals surface area contributed by atoms with Crippen LogP contribution in [0.1, 0.15) is 36.0 Å². The lowest BCUT2D eigenvalue weighted by Crippen LogP contribution is -2.42. The number of carbonyl (C=O) groups is 1. The highest BCUT2D eigenvalue weighted by molar-refractivity contribution is 7.89. The van der Waals surface area contributed by atoms with Crippen LogP contribution >= 0.6 is 0 Å². The molecule has 0 unspecified atom stereocenters. The summed E-state index contributed by atoms with van der Waals surface area (Å²) in [6, 6.07) is 7.95. The molecule has 0 atom stereocenters. The first-order chi connectivity index (χ1) is 16.5. The van der Waals surface area contributed by atoms with E-state index in [0.717, 1.165) is 37.3 Å². The number of pyridine rings is 1. The molecule has 1 aromatic heterocycles. The van der Waals surface area contributed by atoms with Gasteiger partial charge in [-0.15, -0.1) is 0 Å². The third-order valence-electron chi connectivity index (χ3n) is 6.77. The summed E-state index contributed by atoms with van der Waals surface area (Å²) in [5, 5.41) is 0. The predicted molar refractivity (Wildman–Crippen MR) is 139 cm³/mol. The SMILES string of the molecule is COc1cc(C)c(S(=O)(=O)N(C)CCC(=O)Cc2ccc(N3CCC(N(C)C)CC3)nc2)c(C)c1. The van der Waals surface area contributed by atoms with Crippen molar-refractivity contribution in [1.29, 1.82) is 0 Å². The molecule has 35 heavy (non-hydrogen) atoms. The highest BCUT2D eigenvalue weighted by Crippen LogP contribution is 2.28. The molecule has 9 heteroatoms. The minimum Gasteiger partial charge on any atom is -0.497 e. The van der Waals surface area contributed by atoms with Gasteiger partial charge in [-0.1, -0.05) is 6.07 Å². The Balaban J connectivity index is 1.55. The molecule has 2 aromatic rings. The number of rotatable bonds is 10. The van der Waals surface area contributed by atoms with Crippen LogP contribution in [0.2, 0.25) is 0 Å². The molecule has 192 valence electrons. The Morgan fingerprint density at radius 3 is 2.26 bits per heavy atom. The molecule has 0 spiro atoms. The van der Waals surface area contributed by atoms with Crippen LogP contribution in [0.15, 0.2) is 35.4 Å². The number of anilines is 1. The number of hydrogen-bond donors (Lipinski definition) is 0. The Hall–Kier alpha value is -2.49. The van der Waals surface area contributed by atoms with Crippen molar-refractivity contribution in [2.75, 3.05) is 52.8 Å². The van der Waals surface area contributed by atoms with Gasteiger partial charge in [-0.05, 0) is 75.7 Å². The molecule has 8 nitrogen and oxygen atoms in total. The van der Waals surface area contributed by atoms with Crippen LogP contribution in [0.5, 0.6) is 5.75 Å². The fraction of sp³-hybridized carbons (Fsp3) is 0.538. The number of hydrogen-bond acceptors (Lipinski definition) is 7. The Bertz CT molecular complexity index is 1100. The number of piperidine rings is 1. The molecule has 0 N–H and O–H groups in total. The molecule has 2 heterocycles. The van der Waals surface area contributed by atoms with Gasteiger partial charge in [-0.2, -0.15) is 0 Å². The summed E-state index contributed by atoms with van der Waals surface area (Å²) in [6.45, 7) is 5.58. The summed E-state index contributed by atoms with van der Waals surface area (Å²) >= 11 is 0. The van der Waals surface area contributed by atoms with Crippen molar-refractivity contribution in [1.82, 2.24) is 14.2 Å². The van der Waals surface area contributed by atoms with Gasteiger partial charge in [-0.25, -0.2) is 17.7 Å². The third-order valence-corrected chi connectivity index (χ3v) is 8.94. The second kappa shape index (κ2) is 11.5. The molecule has 1 aromatic carbocycles. The quantitative estimate of drug-likeness (QED) is 0.494. The minimum absolute atomic E-state index is 0.0171. The zero-order valence-corrected chi connectivity index (χ0v) is 22.6. The average Bonchev–Trinajstić information content (AvgIpc) is 2.82. The Kier molecular flexibility index (Phi) is 8.90. The summed E-state index contributed by atoms with van der Waals surface area (Å²) in [5.74, 6) is 1.54. The molecule has 1 aliphatic heterocycles. The summed E-state index contributed by atoms with van der Waals surface area (Å²) in [5.41, 5.74) is 2.09. The van der Waals surface area contributed by atoms with Gasteiger partial charge in [0.1, 0.15) is 17.4 Å².